The van der Waals surface area contributed by atoms with Crippen LogP contribution < -0.4 is 14.8 Å². The van der Waals surface area contributed by atoms with Gasteiger partial charge in [-0.2, -0.15) is 16.7 Å². The lowest BCUT2D eigenvalue weighted by atomic mass is 9.97. The van der Waals surface area contributed by atoms with Crippen molar-refractivity contribution in [1.82, 2.24) is 20.4 Å². The molecule has 1 saturated heterocycles. The van der Waals surface area contributed by atoms with E-state index in [0.717, 1.165) is 47.9 Å². The van der Waals surface area contributed by atoms with Gasteiger partial charge in [0.1, 0.15) is 0 Å². The van der Waals surface area contributed by atoms with Crippen LogP contribution in [0.25, 0.3) is 11.4 Å². The maximum Gasteiger partial charge on any atom is 0.241 e. The molecule has 0 radical (unpaired) electrons. The standard InChI is InChI=1S/C27H33ClN4O4S/c1-34-23-11-8-20(15-24(23)35-2)26-30-25(36-31-26)17-32-13-3-5-21(16-32)27(33)29-12-4-14-37-18-19-6-9-22(28)10-7-19/h6-11,15,21H,3-5,12-14,16-18H2,1-2H3,(H,29,33). The van der Waals surface area contributed by atoms with Crippen LogP contribution in [0.15, 0.2) is 47.0 Å². The molecule has 37 heavy (non-hydrogen) atoms. The zero-order chi connectivity index (χ0) is 26.0. The van der Waals surface area contributed by atoms with Crippen LogP contribution in [0.3, 0.4) is 0 Å². The maximum absolute atomic E-state index is 12.8. The van der Waals surface area contributed by atoms with Crippen molar-refractivity contribution in [2.24, 2.45) is 5.92 Å². The zero-order valence-corrected chi connectivity index (χ0v) is 22.8. The van der Waals surface area contributed by atoms with Gasteiger partial charge in [0.05, 0.1) is 26.7 Å². The number of hydrogen-bond donors (Lipinski definition) is 1. The van der Waals surface area contributed by atoms with E-state index >= 15 is 0 Å². The Morgan fingerprint density at radius 2 is 2.00 bits per heavy atom. The molecule has 0 spiro atoms. The number of rotatable bonds is 12. The van der Waals surface area contributed by atoms with Crippen LogP contribution in [0.1, 0.15) is 30.7 Å². The third-order valence-corrected chi connectivity index (χ3v) is 7.66. The Labute approximate surface area is 227 Å². The van der Waals surface area contributed by atoms with E-state index in [1.54, 1.807) is 14.2 Å². The van der Waals surface area contributed by atoms with Crippen LogP contribution in [0, 0.1) is 5.92 Å². The molecule has 0 aliphatic carbocycles. The summed E-state index contributed by atoms with van der Waals surface area (Å²) in [6, 6.07) is 13.4. The van der Waals surface area contributed by atoms with Crippen LogP contribution in [0.4, 0.5) is 0 Å². The molecule has 1 aliphatic rings. The van der Waals surface area contributed by atoms with E-state index in [0.29, 0.717) is 42.8 Å². The summed E-state index contributed by atoms with van der Waals surface area (Å²) in [4.78, 5) is 19.5. The molecule has 1 aliphatic heterocycles. The highest BCUT2D eigenvalue weighted by atomic mass is 35.5. The predicted molar refractivity (Wildman–Crippen MR) is 146 cm³/mol. The van der Waals surface area contributed by atoms with E-state index < -0.39 is 0 Å². The summed E-state index contributed by atoms with van der Waals surface area (Å²) >= 11 is 7.80. The van der Waals surface area contributed by atoms with Gasteiger partial charge in [-0.1, -0.05) is 28.9 Å². The van der Waals surface area contributed by atoms with Gasteiger partial charge in [0.2, 0.25) is 17.6 Å². The van der Waals surface area contributed by atoms with E-state index in [9.17, 15) is 4.79 Å². The van der Waals surface area contributed by atoms with E-state index in [-0.39, 0.29) is 11.8 Å². The first kappa shape index (κ1) is 27.3. The fourth-order valence-electron chi connectivity index (χ4n) is 4.32. The van der Waals surface area contributed by atoms with Gasteiger partial charge in [-0.25, -0.2) is 0 Å². The Hall–Kier alpha value is -2.75. The molecule has 198 valence electrons. The first-order valence-electron chi connectivity index (χ1n) is 12.4. The second-order valence-corrected chi connectivity index (χ2v) is 10.5. The monoisotopic (exact) mass is 544 g/mol. The number of thioether (sulfide) groups is 1. The number of carbonyl (C=O) groups is 1. The SMILES string of the molecule is COc1ccc(-c2noc(CN3CCCC(C(=O)NCCCSCc4ccc(Cl)cc4)C3)n2)cc1OC. The average Bonchev–Trinajstić information content (AvgIpc) is 3.39. The number of halogens is 1. The lowest BCUT2D eigenvalue weighted by Crippen LogP contribution is -2.43. The van der Waals surface area contributed by atoms with Gasteiger partial charge >= 0.3 is 0 Å². The molecule has 8 nitrogen and oxygen atoms in total. The number of hydrogen-bond acceptors (Lipinski definition) is 8. The van der Waals surface area contributed by atoms with Crippen molar-refractivity contribution in [2.75, 3.05) is 39.6 Å². The molecular weight excluding hydrogens is 512 g/mol. The lowest BCUT2D eigenvalue weighted by molar-refractivity contribution is -0.126. The van der Waals surface area contributed by atoms with Gasteiger partial charge in [0.25, 0.3) is 0 Å². The van der Waals surface area contributed by atoms with Gasteiger partial charge in [-0.05, 0) is 67.5 Å². The number of likely N-dealkylation sites (tertiary alicyclic amines) is 1. The molecule has 1 atom stereocenters. The van der Waals surface area contributed by atoms with Crippen LogP contribution >= 0.6 is 23.4 Å². The summed E-state index contributed by atoms with van der Waals surface area (Å²) < 4.78 is 16.2. The summed E-state index contributed by atoms with van der Waals surface area (Å²) in [6.07, 6.45) is 2.81. The molecule has 4 rings (SSSR count). The van der Waals surface area contributed by atoms with Crippen molar-refractivity contribution in [2.45, 2.75) is 31.6 Å². The van der Waals surface area contributed by atoms with Crippen LogP contribution in [-0.2, 0) is 17.1 Å². The van der Waals surface area contributed by atoms with Crippen LogP contribution in [0.2, 0.25) is 5.02 Å². The Balaban J connectivity index is 1.19. The van der Waals surface area contributed by atoms with Crippen molar-refractivity contribution in [3.63, 3.8) is 0 Å². The molecule has 1 fully saturated rings. The van der Waals surface area contributed by atoms with Crippen molar-refractivity contribution >= 4 is 29.3 Å². The quantitative estimate of drug-likeness (QED) is 0.316. The Morgan fingerprint density at radius 3 is 2.78 bits per heavy atom. The summed E-state index contributed by atoms with van der Waals surface area (Å²) in [6.45, 7) is 2.80. The van der Waals surface area contributed by atoms with Crippen LogP contribution in [-0.4, -0.2) is 60.6 Å². The molecule has 3 aromatic rings. The second-order valence-electron chi connectivity index (χ2n) is 8.98. The number of ether oxygens (including phenoxy) is 2. The van der Waals surface area contributed by atoms with E-state index in [1.165, 1.54) is 5.56 Å². The molecule has 0 bridgehead atoms. The van der Waals surface area contributed by atoms with E-state index in [4.69, 9.17) is 25.6 Å². The highest BCUT2D eigenvalue weighted by Gasteiger charge is 2.26. The zero-order valence-electron chi connectivity index (χ0n) is 21.2. The van der Waals surface area contributed by atoms with Crippen molar-refractivity contribution in [1.29, 1.82) is 0 Å². The third-order valence-electron chi connectivity index (χ3n) is 6.29. The number of benzene rings is 2. The summed E-state index contributed by atoms with van der Waals surface area (Å²) in [5.41, 5.74) is 2.05. The molecule has 2 heterocycles. The van der Waals surface area contributed by atoms with Gasteiger partial charge in [0, 0.05) is 29.4 Å². The van der Waals surface area contributed by atoms with Gasteiger partial charge in [0.15, 0.2) is 11.5 Å². The minimum atomic E-state index is -0.0243. The van der Waals surface area contributed by atoms with Crippen molar-refractivity contribution < 1.29 is 18.8 Å². The second kappa shape index (κ2) is 13.7. The van der Waals surface area contributed by atoms with Gasteiger partial charge in [-0.15, -0.1) is 0 Å². The normalized spacial score (nSPS) is 15.9. The Kier molecular flexibility index (Phi) is 10.1. The van der Waals surface area contributed by atoms with Gasteiger partial charge < -0.3 is 19.3 Å². The third kappa shape index (κ3) is 7.87. The number of methoxy groups -OCH3 is 2. The number of carbonyl (C=O) groups excluding carboxylic acids is 1. The molecule has 1 amide bonds. The molecule has 1 N–H and O–H groups in total. The molecule has 0 saturated carbocycles. The number of nitrogens with one attached hydrogen (secondary N) is 1. The number of aromatic nitrogens is 2. The molecule has 1 aromatic heterocycles. The fourth-order valence-corrected chi connectivity index (χ4v) is 5.36. The minimum Gasteiger partial charge on any atom is -0.493 e. The number of amides is 1. The largest absolute Gasteiger partial charge is 0.493 e. The van der Waals surface area contributed by atoms with Gasteiger partial charge in [-0.3, -0.25) is 9.69 Å². The first-order valence-corrected chi connectivity index (χ1v) is 14.0. The van der Waals surface area contributed by atoms with E-state index in [1.807, 2.05) is 42.1 Å². The van der Waals surface area contributed by atoms with Crippen LogP contribution in [0.5, 0.6) is 11.5 Å². The topological polar surface area (TPSA) is 89.7 Å². The summed E-state index contributed by atoms with van der Waals surface area (Å²) in [5.74, 6) is 4.33. The molecular formula is C27H33ClN4O4S. The highest BCUT2D eigenvalue weighted by Crippen LogP contribution is 2.31. The summed E-state index contributed by atoms with van der Waals surface area (Å²) in [5, 5.41) is 8.01. The average molecular weight is 545 g/mol. The number of nitrogens with zero attached hydrogens (tertiary/aromatic N) is 3. The van der Waals surface area contributed by atoms with E-state index in [2.05, 4.69) is 32.5 Å². The van der Waals surface area contributed by atoms with Crippen molar-refractivity contribution in [3.8, 4) is 22.9 Å². The Morgan fingerprint density at radius 1 is 1.19 bits per heavy atom. The minimum absolute atomic E-state index is 0.0243. The molecule has 10 heteroatoms. The number of piperidine rings is 1. The molecule has 1 unspecified atom stereocenters. The molecule has 2 aromatic carbocycles. The highest BCUT2D eigenvalue weighted by molar-refractivity contribution is 7.98. The predicted octanol–water partition coefficient (Wildman–Crippen LogP) is 5.06. The smallest absolute Gasteiger partial charge is 0.241 e. The lowest BCUT2D eigenvalue weighted by Gasteiger charge is -2.30. The maximum atomic E-state index is 12.8. The summed E-state index contributed by atoms with van der Waals surface area (Å²) in [7, 11) is 3.19. The first-order chi connectivity index (χ1) is 18.1. The van der Waals surface area contributed by atoms with Crippen molar-refractivity contribution in [3.05, 3.63) is 58.9 Å². The Bertz CT molecular complexity index is 1160. The fraction of sp³-hybridized carbons (Fsp3) is 0.444.